The van der Waals surface area contributed by atoms with E-state index in [0.29, 0.717) is 39.0 Å². The van der Waals surface area contributed by atoms with E-state index in [-0.39, 0.29) is 30.7 Å². The van der Waals surface area contributed by atoms with Crippen molar-refractivity contribution in [2.24, 2.45) is 0 Å². The Labute approximate surface area is 199 Å². The molecule has 0 fully saturated rings. The molecule has 174 valence electrons. The second kappa shape index (κ2) is 8.45. The zero-order valence-corrected chi connectivity index (χ0v) is 19.6. The normalized spacial score (nSPS) is 16.1. The molecule has 10 heteroatoms. The standard InChI is InChI=1S/C24H22N4O5S/c1-13-12-34-24(25-13)26-18(29)10-11-27-21-15-8-9-17(32-2)20(33-3)19(15)23(31)28(21)16-7-5-4-6-14(16)22(27)30/h4-9,12,21H,10-11H2,1-3H3,(H,25,26,29)/t21-/m1/s1. The van der Waals surface area contributed by atoms with Gasteiger partial charge in [0.15, 0.2) is 16.6 Å². The molecule has 2 aliphatic rings. The Morgan fingerprint density at radius 2 is 1.91 bits per heavy atom. The first kappa shape index (κ1) is 21.9. The van der Waals surface area contributed by atoms with Gasteiger partial charge in [-0.15, -0.1) is 11.3 Å². The Morgan fingerprint density at radius 1 is 1.12 bits per heavy atom. The molecule has 0 saturated heterocycles. The Kier molecular flexibility index (Phi) is 5.45. The first-order valence-electron chi connectivity index (χ1n) is 10.6. The molecule has 5 rings (SSSR count). The molecule has 3 heterocycles. The number of amides is 3. The lowest BCUT2D eigenvalue weighted by Gasteiger charge is -2.40. The van der Waals surface area contributed by atoms with Gasteiger partial charge in [-0.05, 0) is 25.1 Å². The summed E-state index contributed by atoms with van der Waals surface area (Å²) in [7, 11) is 2.98. The van der Waals surface area contributed by atoms with Crippen LogP contribution < -0.4 is 19.7 Å². The number of nitrogens with one attached hydrogen (secondary N) is 1. The number of hydrogen-bond donors (Lipinski definition) is 1. The van der Waals surface area contributed by atoms with Crippen molar-refractivity contribution in [2.75, 3.05) is 31.0 Å². The smallest absolute Gasteiger partial charge is 0.264 e. The predicted molar refractivity (Wildman–Crippen MR) is 127 cm³/mol. The average Bonchev–Trinajstić information content (AvgIpc) is 3.38. The lowest BCUT2D eigenvalue weighted by molar-refractivity contribution is -0.116. The van der Waals surface area contributed by atoms with Crippen LogP contribution in [0.2, 0.25) is 0 Å². The number of methoxy groups -OCH3 is 2. The topological polar surface area (TPSA) is 101 Å². The maximum absolute atomic E-state index is 13.6. The molecule has 1 aromatic heterocycles. The van der Waals surface area contributed by atoms with Crippen molar-refractivity contribution >= 4 is 39.9 Å². The predicted octanol–water partition coefficient (Wildman–Crippen LogP) is 3.61. The minimum atomic E-state index is -0.695. The molecule has 0 bridgehead atoms. The lowest BCUT2D eigenvalue weighted by Crippen LogP contribution is -2.49. The third-order valence-electron chi connectivity index (χ3n) is 5.93. The van der Waals surface area contributed by atoms with E-state index in [2.05, 4.69) is 10.3 Å². The number of para-hydroxylation sites is 1. The maximum Gasteiger partial charge on any atom is 0.264 e. The van der Waals surface area contributed by atoms with Crippen molar-refractivity contribution < 1.29 is 23.9 Å². The van der Waals surface area contributed by atoms with Crippen molar-refractivity contribution in [3.05, 3.63) is 64.2 Å². The molecule has 0 radical (unpaired) electrons. The van der Waals surface area contributed by atoms with E-state index in [1.807, 2.05) is 12.3 Å². The molecule has 1 atom stereocenters. The second-order valence-corrected chi connectivity index (χ2v) is 8.78. The van der Waals surface area contributed by atoms with Gasteiger partial charge < -0.3 is 19.7 Å². The second-order valence-electron chi connectivity index (χ2n) is 7.92. The summed E-state index contributed by atoms with van der Waals surface area (Å²) in [5, 5.41) is 5.13. The Morgan fingerprint density at radius 3 is 2.62 bits per heavy atom. The summed E-state index contributed by atoms with van der Waals surface area (Å²) >= 11 is 1.34. The number of aryl methyl sites for hydroxylation is 1. The Balaban J connectivity index is 1.52. The summed E-state index contributed by atoms with van der Waals surface area (Å²) in [6.07, 6.45) is -0.646. The van der Waals surface area contributed by atoms with Crippen LogP contribution in [-0.2, 0) is 4.79 Å². The Bertz CT molecular complexity index is 1320. The van der Waals surface area contributed by atoms with Crippen molar-refractivity contribution in [2.45, 2.75) is 19.5 Å². The van der Waals surface area contributed by atoms with E-state index >= 15 is 0 Å². The van der Waals surface area contributed by atoms with E-state index in [9.17, 15) is 14.4 Å². The quantitative estimate of drug-likeness (QED) is 0.581. The van der Waals surface area contributed by atoms with Gasteiger partial charge in [0.1, 0.15) is 6.17 Å². The number of fused-ring (bicyclic) bond motifs is 5. The van der Waals surface area contributed by atoms with E-state index in [4.69, 9.17) is 9.47 Å². The van der Waals surface area contributed by atoms with Crippen LogP contribution in [0.1, 0.15) is 44.6 Å². The summed E-state index contributed by atoms with van der Waals surface area (Å²) in [4.78, 5) is 47.2. The molecule has 0 aliphatic carbocycles. The molecule has 0 saturated carbocycles. The number of hydrogen-bond acceptors (Lipinski definition) is 7. The van der Waals surface area contributed by atoms with Gasteiger partial charge in [0.05, 0.1) is 36.7 Å². The van der Waals surface area contributed by atoms with Gasteiger partial charge in [0.25, 0.3) is 11.8 Å². The number of carbonyl (C=O) groups excluding carboxylic acids is 3. The number of rotatable bonds is 6. The number of ether oxygens (including phenoxy) is 2. The van der Waals surface area contributed by atoms with Crippen molar-refractivity contribution in [1.82, 2.24) is 9.88 Å². The summed E-state index contributed by atoms with van der Waals surface area (Å²) in [6.45, 7) is 1.97. The first-order chi connectivity index (χ1) is 16.4. The third kappa shape index (κ3) is 3.38. The largest absolute Gasteiger partial charge is 0.493 e. The number of anilines is 2. The van der Waals surface area contributed by atoms with Crippen molar-refractivity contribution in [3.8, 4) is 11.5 Å². The van der Waals surface area contributed by atoms with Gasteiger partial charge in [0.2, 0.25) is 5.91 Å². The fourth-order valence-corrected chi connectivity index (χ4v) is 5.17. The summed E-state index contributed by atoms with van der Waals surface area (Å²) in [5.74, 6) is -0.0436. The zero-order chi connectivity index (χ0) is 24.0. The monoisotopic (exact) mass is 478 g/mol. The highest BCUT2D eigenvalue weighted by Crippen LogP contribution is 2.49. The molecule has 2 aliphatic heterocycles. The number of benzene rings is 2. The van der Waals surface area contributed by atoms with Gasteiger partial charge in [-0.25, -0.2) is 4.98 Å². The summed E-state index contributed by atoms with van der Waals surface area (Å²) < 4.78 is 10.9. The molecule has 3 amide bonds. The highest BCUT2D eigenvalue weighted by atomic mass is 32.1. The highest BCUT2D eigenvalue weighted by Gasteiger charge is 2.49. The van der Waals surface area contributed by atoms with E-state index in [1.54, 1.807) is 46.2 Å². The number of nitrogens with zero attached hydrogens (tertiary/aromatic N) is 3. The van der Waals surface area contributed by atoms with Crippen LogP contribution >= 0.6 is 11.3 Å². The van der Waals surface area contributed by atoms with E-state index in [0.717, 1.165) is 5.69 Å². The summed E-state index contributed by atoms with van der Waals surface area (Å²) in [5.41, 5.74) is 2.73. The van der Waals surface area contributed by atoms with Crippen LogP contribution in [0, 0.1) is 6.92 Å². The van der Waals surface area contributed by atoms with E-state index in [1.165, 1.54) is 25.6 Å². The molecule has 1 N–H and O–H groups in total. The van der Waals surface area contributed by atoms with Crippen LogP contribution in [0.3, 0.4) is 0 Å². The molecule has 3 aromatic rings. The number of thiazole rings is 1. The van der Waals surface area contributed by atoms with E-state index < -0.39 is 6.17 Å². The van der Waals surface area contributed by atoms with Crippen LogP contribution in [0.25, 0.3) is 0 Å². The van der Waals surface area contributed by atoms with Crippen LogP contribution in [-0.4, -0.2) is 48.4 Å². The van der Waals surface area contributed by atoms with Crippen LogP contribution in [0.5, 0.6) is 11.5 Å². The third-order valence-corrected chi connectivity index (χ3v) is 6.80. The molecule has 34 heavy (non-hydrogen) atoms. The molecular weight excluding hydrogens is 456 g/mol. The molecule has 0 spiro atoms. The fourth-order valence-electron chi connectivity index (χ4n) is 4.47. The minimum Gasteiger partial charge on any atom is -0.493 e. The van der Waals surface area contributed by atoms with Crippen LogP contribution in [0.15, 0.2) is 41.8 Å². The highest BCUT2D eigenvalue weighted by molar-refractivity contribution is 7.13. The molecule has 0 unspecified atom stereocenters. The molecule has 9 nitrogen and oxygen atoms in total. The van der Waals surface area contributed by atoms with Gasteiger partial charge in [-0.3, -0.25) is 19.3 Å². The van der Waals surface area contributed by atoms with Crippen LogP contribution in [0.4, 0.5) is 10.8 Å². The Hall–Kier alpha value is -3.92. The minimum absolute atomic E-state index is 0.0493. The number of carbonyl (C=O) groups is 3. The molecular formula is C24H22N4O5S. The molecule has 2 aromatic carbocycles. The van der Waals surface area contributed by atoms with Crippen molar-refractivity contribution in [1.29, 1.82) is 0 Å². The van der Waals surface area contributed by atoms with Gasteiger partial charge in [-0.1, -0.05) is 18.2 Å². The SMILES string of the molecule is COc1ccc2c(c1OC)C(=O)N1c3ccccc3C(=O)N(CCC(=O)Nc3nc(C)cs3)[C@@H]21. The zero-order valence-electron chi connectivity index (χ0n) is 18.8. The number of aromatic nitrogens is 1. The maximum atomic E-state index is 13.6. The fraction of sp³-hybridized carbons (Fsp3) is 0.250. The van der Waals surface area contributed by atoms with Crippen molar-refractivity contribution in [3.63, 3.8) is 0 Å². The van der Waals surface area contributed by atoms with Gasteiger partial charge >= 0.3 is 0 Å². The lowest BCUT2D eigenvalue weighted by atomic mass is 10.0. The first-order valence-corrected chi connectivity index (χ1v) is 11.5. The average molecular weight is 479 g/mol. The van der Waals surface area contributed by atoms with Gasteiger partial charge in [0, 0.05) is 23.9 Å². The summed E-state index contributed by atoms with van der Waals surface area (Å²) in [6, 6.07) is 10.5. The van der Waals surface area contributed by atoms with Gasteiger partial charge in [-0.2, -0.15) is 0 Å².